The lowest BCUT2D eigenvalue weighted by molar-refractivity contribution is -0.126. The van der Waals surface area contributed by atoms with Crippen LogP contribution in [0.4, 0.5) is 0 Å². The fourth-order valence-electron chi connectivity index (χ4n) is 1.55. The third kappa shape index (κ3) is 2.91. The lowest BCUT2D eigenvalue weighted by atomic mass is 9.99. The van der Waals surface area contributed by atoms with Gasteiger partial charge in [0.2, 0.25) is 0 Å². The van der Waals surface area contributed by atoms with E-state index in [2.05, 4.69) is 5.32 Å². The van der Waals surface area contributed by atoms with Gasteiger partial charge < -0.3 is 10.1 Å². The molecular formula is C9H17NO2. The zero-order chi connectivity index (χ0) is 8.81. The van der Waals surface area contributed by atoms with Gasteiger partial charge in [0, 0.05) is 19.6 Å². The van der Waals surface area contributed by atoms with Gasteiger partial charge in [-0.25, -0.2) is 0 Å². The molecule has 1 aliphatic rings. The Balaban J connectivity index is 2.32. The Kier molecular flexibility index (Phi) is 4.25. The van der Waals surface area contributed by atoms with Crippen molar-refractivity contribution in [1.29, 1.82) is 0 Å². The van der Waals surface area contributed by atoms with Gasteiger partial charge in [-0.2, -0.15) is 0 Å². The number of carbonyl (C=O) groups excluding carboxylic acids is 1. The Bertz CT molecular complexity index is 139. The van der Waals surface area contributed by atoms with Gasteiger partial charge in [0.15, 0.2) is 5.78 Å². The molecule has 1 N–H and O–H groups in total. The number of Topliss-reactive ketones (excluding diaryl/α,β-unsaturated/α-hetero) is 1. The van der Waals surface area contributed by atoms with E-state index in [1.807, 2.05) is 0 Å². The van der Waals surface area contributed by atoms with Crippen LogP contribution in [0.25, 0.3) is 0 Å². The first-order valence-electron chi connectivity index (χ1n) is 4.57. The molecule has 0 aromatic heterocycles. The second-order valence-electron chi connectivity index (χ2n) is 3.30. The molecule has 1 heterocycles. The van der Waals surface area contributed by atoms with E-state index in [0.29, 0.717) is 0 Å². The summed E-state index contributed by atoms with van der Waals surface area (Å²) in [5.41, 5.74) is 0. The van der Waals surface area contributed by atoms with Crippen LogP contribution in [0.5, 0.6) is 0 Å². The Hall–Kier alpha value is -0.410. The Morgan fingerprint density at radius 1 is 1.58 bits per heavy atom. The summed E-state index contributed by atoms with van der Waals surface area (Å²) >= 11 is 0. The largest absolute Gasteiger partial charge is 0.377 e. The van der Waals surface area contributed by atoms with Crippen LogP contribution in [0.2, 0.25) is 0 Å². The average molecular weight is 171 g/mol. The maximum Gasteiger partial charge on any atom is 0.162 e. The number of carbonyl (C=O) groups is 1. The van der Waals surface area contributed by atoms with Crippen molar-refractivity contribution in [1.82, 2.24) is 5.32 Å². The molecule has 1 atom stereocenters. The molecule has 3 nitrogen and oxygen atoms in total. The molecule has 0 bridgehead atoms. The van der Waals surface area contributed by atoms with Gasteiger partial charge in [0.25, 0.3) is 0 Å². The monoisotopic (exact) mass is 171 g/mol. The minimum atomic E-state index is 0.187. The summed E-state index contributed by atoms with van der Waals surface area (Å²) in [6.07, 6.45) is 3.37. The second kappa shape index (κ2) is 5.27. The SMILES string of the molecule is COCC(=O)C1CCCCNC1. The highest BCUT2D eigenvalue weighted by molar-refractivity contribution is 5.82. The summed E-state index contributed by atoms with van der Waals surface area (Å²) in [6, 6.07) is 0. The fourth-order valence-corrected chi connectivity index (χ4v) is 1.55. The molecule has 0 aromatic rings. The lowest BCUT2D eigenvalue weighted by Crippen LogP contribution is -2.28. The number of ether oxygens (including phenoxy) is 1. The molecule has 1 fully saturated rings. The first-order valence-corrected chi connectivity index (χ1v) is 4.57. The van der Waals surface area contributed by atoms with Crippen molar-refractivity contribution in [2.45, 2.75) is 19.3 Å². The zero-order valence-corrected chi connectivity index (χ0v) is 7.64. The molecule has 0 spiro atoms. The number of hydrogen-bond acceptors (Lipinski definition) is 3. The summed E-state index contributed by atoms with van der Waals surface area (Å²) in [4.78, 5) is 11.4. The summed E-state index contributed by atoms with van der Waals surface area (Å²) in [5, 5.41) is 3.26. The van der Waals surface area contributed by atoms with E-state index >= 15 is 0 Å². The van der Waals surface area contributed by atoms with Gasteiger partial charge in [-0.05, 0) is 19.4 Å². The molecular weight excluding hydrogens is 154 g/mol. The van der Waals surface area contributed by atoms with Crippen LogP contribution >= 0.6 is 0 Å². The van der Waals surface area contributed by atoms with E-state index in [9.17, 15) is 4.79 Å². The van der Waals surface area contributed by atoms with Gasteiger partial charge >= 0.3 is 0 Å². The summed E-state index contributed by atoms with van der Waals surface area (Å²) < 4.78 is 4.82. The number of methoxy groups -OCH3 is 1. The van der Waals surface area contributed by atoms with Crippen molar-refractivity contribution in [2.75, 3.05) is 26.8 Å². The normalized spacial score (nSPS) is 24.9. The molecule has 1 saturated heterocycles. The van der Waals surface area contributed by atoms with Crippen molar-refractivity contribution in [3.8, 4) is 0 Å². The van der Waals surface area contributed by atoms with Crippen molar-refractivity contribution in [2.24, 2.45) is 5.92 Å². The van der Waals surface area contributed by atoms with Gasteiger partial charge in [0.1, 0.15) is 6.61 Å². The Morgan fingerprint density at radius 2 is 2.42 bits per heavy atom. The van der Waals surface area contributed by atoms with E-state index in [1.165, 1.54) is 6.42 Å². The minimum absolute atomic E-state index is 0.187. The van der Waals surface area contributed by atoms with E-state index in [1.54, 1.807) is 7.11 Å². The van der Waals surface area contributed by atoms with Crippen LogP contribution in [0.3, 0.4) is 0 Å². The van der Waals surface area contributed by atoms with E-state index in [-0.39, 0.29) is 18.3 Å². The van der Waals surface area contributed by atoms with Crippen LogP contribution < -0.4 is 5.32 Å². The van der Waals surface area contributed by atoms with Crippen molar-refractivity contribution in [3.63, 3.8) is 0 Å². The van der Waals surface area contributed by atoms with Gasteiger partial charge in [0.05, 0.1) is 0 Å². The molecule has 0 radical (unpaired) electrons. The van der Waals surface area contributed by atoms with Crippen LogP contribution in [-0.2, 0) is 9.53 Å². The molecule has 3 heteroatoms. The molecule has 0 amide bonds. The first kappa shape index (κ1) is 9.68. The smallest absolute Gasteiger partial charge is 0.162 e. The van der Waals surface area contributed by atoms with Crippen LogP contribution in [0.15, 0.2) is 0 Å². The molecule has 0 aromatic carbocycles. The maximum absolute atomic E-state index is 11.4. The second-order valence-corrected chi connectivity index (χ2v) is 3.30. The maximum atomic E-state index is 11.4. The van der Waals surface area contributed by atoms with Gasteiger partial charge in [-0.15, -0.1) is 0 Å². The number of ketones is 1. The quantitative estimate of drug-likeness (QED) is 0.675. The van der Waals surface area contributed by atoms with Crippen molar-refractivity contribution in [3.05, 3.63) is 0 Å². The molecule has 12 heavy (non-hydrogen) atoms. The number of nitrogens with one attached hydrogen (secondary N) is 1. The highest BCUT2D eigenvalue weighted by Gasteiger charge is 2.18. The number of hydrogen-bond donors (Lipinski definition) is 1. The Labute approximate surface area is 73.5 Å². The summed E-state index contributed by atoms with van der Waals surface area (Å²) in [5.74, 6) is 0.430. The standard InChI is InChI=1S/C9H17NO2/c1-12-7-9(11)8-4-2-3-5-10-6-8/h8,10H,2-7H2,1H3. The van der Waals surface area contributed by atoms with Gasteiger partial charge in [-0.3, -0.25) is 4.79 Å². The third-order valence-electron chi connectivity index (χ3n) is 2.29. The average Bonchev–Trinajstić information content (AvgIpc) is 2.32. The fraction of sp³-hybridized carbons (Fsp3) is 0.889. The number of rotatable bonds is 3. The van der Waals surface area contributed by atoms with E-state index in [0.717, 1.165) is 25.9 Å². The molecule has 70 valence electrons. The summed E-state index contributed by atoms with van der Waals surface area (Å²) in [6.45, 7) is 2.16. The molecule has 1 unspecified atom stereocenters. The predicted octanol–water partition coefficient (Wildman–Crippen LogP) is 0.592. The summed E-state index contributed by atoms with van der Waals surface area (Å²) in [7, 11) is 1.57. The lowest BCUT2D eigenvalue weighted by Gasteiger charge is -2.11. The molecule has 1 aliphatic heterocycles. The molecule has 1 rings (SSSR count). The zero-order valence-electron chi connectivity index (χ0n) is 7.64. The topological polar surface area (TPSA) is 38.3 Å². The predicted molar refractivity (Wildman–Crippen MR) is 47.1 cm³/mol. The van der Waals surface area contributed by atoms with Crippen LogP contribution in [-0.4, -0.2) is 32.6 Å². The van der Waals surface area contributed by atoms with Crippen molar-refractivity contribution < 1.29 is 9.53 Å². The minimum Gasteiger partial charge on any atom is -0.377 e. The van der Waals surface area contributed by atoms with Gasteiger partial charge in [-0.1, -0.05) is 6.42 Å². The highest BCUT2D eigenvalue weighted by Crippen LogP contribution is 2.11. The van der Waals surface area contributed by atoms with Crippen LogP contribution in [0.1, 0.15) is 19.3 Å². The molecule has 0 saturated carbocycles. The highest BCUT2D eigenvalue weighted by atomic mass is 16.5. The Morgan fingerprint density at radius 3 is 3.17 bits per heavy atom. The van der Waals surface area contributed by atoms with E-state index < -0.39 is 0 Å². The van der Waals surface area contributed by atoms with Crippen LogP contribution in [0, 0.1) is 5.92 Å². The first-order chi connectivity index (χ1) is 5.84. The van der Waals surface area contributed by atoms with Crippen molar-refractivity contribution >= 4 is 5.78 Å². The third-order valence-corrected chi connectivity index (χ3v) is 2.29. The van der Waals surface area contributed by atoms with E-state index in [4.69, 9.17) is 4.74 Å². The molecule has 0 aliphatic carbocycles.